The number of hydrogen-bond acceptors (Lipinski definition) is 7. The molecule has 0 radical (unpaired) electrons. The maximum absolute atomic E-state index is 6.36. The van der Waals surface area contributed by atoms with E-state index in [4.69, 9.17) is 33.1 Å². The van der Waals surface area contributed by atoms with Gasteiger partial charge in [0.2, 0.25) is 0 Å². The normalized spacial score (nSPS) is 16.4. The molecule has 1 saturated heterocycles. The standard InChI is InChI=1S/C33H26BN3O4/c1-32(2)33(3,4)41-34(40-32)31-36-29(19-13-15-27-23(17-19)21-9-5-7-11-25(21)38-27)35-30(37-31)20-14-16-28-24(18-20)22-10-6-8-12-26(22)39-28/h5-18H,1-4H3. The third kappa shape index (κ3) is 3.79. The minimum Gasteiger partial charge on any atom is -0.456 e. The lowest BCUT2D eigenvalue weighted by atomic mass is 9.89. The third-order valence-electron chi connectivity index (χ3n) is 8.39. The van der Waals surface area contributed by atoms with Crippen molar-refractivity contribution in [1.82, 2.24) is 15.0 Å². The molecule has 1 aliphatic heterocycles. The number of fused-ring (bicyclic) bond motifs is 6. The first-order chi connectivity index (χ1) is 19.8. The maximum Gasteiger partial charge on any atom is 0.534 e. The number of benzene rings is 4. The maximum atomic E-state index is 6.36. The Morgan fingerprint density at radius 3 is 1.44 bits per heavy atom. The van der Waals surface area contributed by atoms with Gasteiger partial charge in [-0.15, -0.1) is 0 Å². The van der Waals surface area contributed by atoms with E-state index in [1.807, 2.05) is 88.4 Å². The van der Waals surface area contributed by atoms with Gasteiger partial charge in [0.15, 0.2) is 17.4 Å². The van der Waals surface area contributed by atoms with Gasteiger partial charge in [-0.05, 0) is 76.2 Å². The second-order valence-corrected chi connectivity index (χ2v) is 11.5. The predicted molar refractivity (Wildman–Crippen MR) is 161 cm³/mol. The van der Waals surface area contributed by atoms with E-state index in [0.717, 1.165) is 55.0 Å². The molecular weight excluding hydrogens is 513 g/mol. The number of furan rings is 2. The number of aromatic nitrogens is 3. The highest BCUT2D eigenvalue weighted by Gasteiger charge is 2.53. The smallest absolute Gasteiger partial charge is 0.456 e. The SMILES string of the molecule is CC1(C)OB(c2nc(-c3ccc4oc5ccccc5c4c3)nc(-c3ccc4oc5ccccc5c4c3)n2)OC1(C)C. The van der Waals surface area contributed by atoms with Crippen molar-refractivity contribution in [2.24, 2.45) is 0 Å². The average Bonchev–Trinajstić information content (AvgIpc) is 3.60. The zero-order valence-electron chi connectivity index (χ0n) is 23.1. The van der Waals surface area contributed by atoms with Crippen molar-refractivity contribution in [2.45, 2.75) is 38.9 Å². The van der Waals surface area contributed by atoms with Gasteiger partial charge in [0.1, 0.15) is 22.3 Å². The number of nitrogens with zero attached hydrogens (tertiary/aromatic N) is 3. The summed E-state index contributed by atoms with van der Waals surface area (Å²) in [4.78, 5) is 14.8. The topological polar surface area (TPSA) is 83.4 Å². The summed E-state index contributed by atoms with van der Waals surface area (Å²) in [6.07, 6.45) is 0. The first kappa shape index (κ1) is 24.3. The van der Waals surface area contributed by atoms with Gasteiger partial charge in [-0.3, -0.25) is 0 Å². The van der Waals surface area contributed by atoms with Crippen LogP contribution in [0.5, 0.6) is 0 Å². The summed E-state index contributed by atoms with van der Waals surface area (Å²) in [5, 5.41) is 4.09. The van der Waals surface area contributed by atoms with Crippen molar-refractivity contribution in [2.75, 3.05) is 0 Å². The van der Waals surface area contributed by atoms with E-state index in [-0.39, 0.29) is 0 Å². The van der Waals surface area contributed by atoms with Crippen LogP contribution in [0.1, 0.15) is 27.7 Å². The van der Waals surface area contributed by atoms with Crippen LogP contribution >= 0.6 is 0 Å². The second kappa shape index (κ2) is 8.49. The second-order valence-electron chi connectivity index (χ2n) is 11.5. The summed E-state index contributed by atoms with van der Waals surface area (Å²) in [6, 6.07) is 28.1. The number of para-hydroxylation sites is 2. The average molecular weight is 539 g/mol. The molecule has 0 saturated carbocycles. The molecule has 4 heterocycles. The monoisotopic (exact) mass is 539 g/mol. The Kier molecular flexibility index (Phi) is 5.03. The van der Waals surface area contributed by atoms with Crippen molar-refractivity contribution < 1.29 is 18.1 Å². The van der Waals surface area contributed by atoms with Crippen LogP contribution in [0.3, 0.4) is 0 Å². The van der Waals surface area contributed by atoms with E-state index in [0.29, 0.717) is 17.4 Å². The molecule has 0 N–H and O–H groups in total. The molecule has 0 unspecified atom stereocenters. The molecule has 0 aliphatic carbocycles. The largest absolute Gasteiger partial charge is 0.534 e. The lowest BCUT2D eigenvalue weighted by molar-refractivity contribution is 0.00578. The van der Waals surface area contributed by atoms with Gasteiger partial charge >= 0.3 is 7.12 Å². The van der Waals surface area contributed by atoms with Crippen molar-refractivity contribution in [3.63, 3.8) is 0 Å². The lowest BCUT2D eigenvalue weighted by Gasteiger charge is -2.32. The molecule has 41 heavy (non-hydrogen) atoms. The molecule has 3 aromatic heterocycles. The highest BCUT2D eigenvalue weighted by molar-refractivity contribution is 6.60. The Hall–Kier alpha value is -4.53. The van der Waals surface area contributed by atoms with Gasteiger partial charge in [0.25, 0.3) is 0 Å². The summed E-state index contributed by atoms with van der Waals surface area (Å²) in [5.74, 6) is 1.06. The summed E-state index contributed by atoms with van der Waals surface area (Å²) in [5.41, 5.74) is 4.37. The van der Waals surface area contributed by atoms with E-state index in [2.05, 4.69) is 24.3 Å². The molecule has 0 atom stereocenters. The Bertz CT molecular complexity index is 2000. The fourth-order valence-corrected chi connectivity index (χ4v) is 5.43. The van der Waals surface area contributed by atoms with Crippen LogP contribution in [-0.4, -0.2) is 33.3 Å². The molecule has 7 nitrogen and oxygen atoms in total. The molecule has 1 aliphatic rings. The van der Waals surface area contributed by atoms with Crippen LogP contribution in [0.15, 0.2) is 93.8 Å². The quantitative estimate of drug-likeness (QED) is 0.218. The van der Waals surface area contributed by atoms with Crippen molar-refractivity contribution in [3.05, 3.63) is 84.9 Å². The van der Waals surface area contributed by atoms with Crippen LogP contribution < -0.4 is 5.72 Å². The fourth-order valence-electron chi connectivity index (χ4n) is 5.43. The summed E-state index contributed by atoms with van der Waals surface area (Å²) in [7, 11) is -0.738. The van der Waals surface area contributed by atoms with E-state index >= 15 is 0 Å². The number of hydrogen-bond donors (Lipinski definition) is 0. The molecular formula is C33H26BN3O4. The zero-order chi connectivity index (χ0) is 27.9. The number of rotatable bonds is 3. The van der Waals surface area contributed by atoms with Crippen LogP contribution in [0.25, 0.3) is 66.7 Å². The van der Waals surface area contributed by atoms with Crippen LogP contribution in [0.2, 0.25) is 0 Å². The first-order valence-electron chi connectivity index (χ1n) is 13.7. The van der Waals surface area contributed by atoms with Crippen molar-refractivity contribution in [1.29, 1.82) is 0 Å². The fraction of sp³-hybridized carbons (Fsp3) is 0.182. The van der Waals surface area contributed by atoms with Crippen LogP contribution in [0, 0.1) is 0 Å². The highest BCUT2D eigenvalue weighted by atomic mass is 16.7. The Balaban J connectivity index is 1.32. The highest BCUT2D eigenvalue weighted by Crippen LogP contribution is 2.37. The molecule has 200 valence electrons. The predicted octanol–water partition coefficient (Wildman–Crippen LogP) is 7.30. The van der Waals surface area contributed by atoms with E-state index in [1.54, 1.807) is 0 Å². The zero-order valence-corrected chi connectivity index (χ0v) is 23.1. The molecule has 1 fully saturated rings. The molecule has 0 amide bonds. The van der Waals surface area contributed by atoms with Crippen molar-refractivity contribution in [3.8, 4) is 22.8 Å². The van der Waals surface area contributed by atoms with E-state index in [1.165, 1.54) is 0 Å². The van der Waals surface area contributed by atoms with Gasteiger partial charge < -0.3 is 18.1 Å². The van der Waals surface area contributed by atoms with Gasteiger partial charge in [0, 0.05) is 32.7 Å². The Morgan fingerprint density at radius 1 is 0.512 bits per heavy atom. The van der Waals surface area contributed by atoms with Crippen LogP contribution in [-0.2, 0) is 9.31 Å². The summed E-state index contributed by atoms with van der Waals surface area (Å²) < 4.78 is 24.8. The van der Waals surface area contributed by atoms with Gasteiger partial charge in [-0.2, -0.15) is 0 Å². The van der Waals surface area contributed by atoms with E-state index in [9.17, 15) is 0 Å². The minimum atomic E-state index is -0.738. The van der Waals surface area contributed by atoms with Gasteiger partial charge in [0.05, 0.1) is 11.2 Å². The van der Waals surface area contributed by atoms with E-state index < -0.39 is 18.3 Å². The molecule has 0 bridgehead atoms. The first-order valence-corrected chi connectivity index (χ1v) is 13.7. The van der Waals surface area contributed by atoms with Crippen molar-refractivity contribution >= 4 is 56.7 Å². The third-order valence-corrected chi connectivity index (χ3v) is 8.39. The molecule has 4 aromatic carbocycles. The minimum absolute atomic E-state index is 0.429. The Morgan fingerprint density at radius 2 is 0.951 bits per heavy atom. The summed E-state index contributed by atoms with van der Waals surface area (Å²) in [6.45, 7) is 8.08. The molecule has 0 spiro atoms. The van der Waals surface area contributed by atoms with Crippen LogP contribution in [0.4, 0.5) is 0 Å². The lowest BCUT2D eigenvalue weighted by Crippen LogP contribution is -2.41. The molecule has 8 rings (SSSR count). The van der Waals surface area contributed by atoms with Gasteiger partial charge in [-0.1, -0.05) is 36.4 Å². The Labute approximate surface area is 236 Å². The molecule has 8 heteroatoms. The van der Waals surface area contributed by atoms with Gasteiger partial charge in [-0.25, -0.2) is 15.0 Å². The molecule has 7 aromatic rings. The summed E-state index contributed by atoms with van der Waals surface area (Å²) >= 11 is 0.